The van der Waals surface area contributed by atoms with E-state index in [1.807, 2.05) is 49.8 Å². The maximum Gasteiger partial charge on any atom is 0.317 e. The number of urea groups is 1. The van der Waals surface area contributed by atoms with Gasteiger partial charge in [0.15, 0.2) is 0 Å². The molecule has 1 atom stereocenters. The number of rotatable bonds is 6. The van der Waals surface area contributed by atoms with E-state index in [9.17, 15) is 4.79 Å². The van der Waals surface area contributed by atoms with Gasteiger partial charge in [-0.1, -0.05) is 47.5 Å². The molecule has 1 unspecified atom stereocenters. The van der Waals surface area contributed by atoms with E-state index in [1.165, 1.54) is 0 Å². The Balaban J connectivity index is 1.58. The van der Waals surface area contributed by atoms with Crippen LogP contribution >= 0.6 is 23.2 Å². The minimum Gasteiger partial charge on any atom is -0.361 e. The minimum atomic E-state index is -0.168. The Kier molecular flexibility index (Phi) is 6.20. The number of halogens is 2. The van der Waals surface area contributed by atoms with Gasteiger partial charge in [-0.2, -0.15) is 5.10 Å². The minimum absolute atomic E-state index is 0.142. The van der Waals surface area contributed by atoms with Crippen molar-refractivity contribution in [2.24, 2.45) is 7.05 Å². The highest BCUT2D eigenvalue weighted by Crippen LogP contribution is 2.35. The van der Waals surface area contributed by atoms with Crippen molar-refractivity contribution >= 4 is 40.1 Å². The fourth-order valence-corrected chi connectivity index (χ4v) is 4.32. The number of hydrogen-bond donors (Lipinski definition) is 2. The van der Waals surface area contributed by atoms with Gasteiger partial charge in [0.2, 0.25) is 0 Å². The number of para-hydroxylation sites is 1. The van der Waals surface area contributed by atoms with Crippen molar-refractivity contribution in [3.05, 3.63) is 87.8 Å². The average Bonchev–Trinajstić information content (AvgIpc) is 3.35. The van der Waals surface area contributed by atoms with Crippen molar-refractivity contribution < 1.29 is 4.79 Å². The zero-order valence-electron chi connectivity index (χ0n) is 17.3. The normalized spacial score (nSPS) is 12.1. The van der Waals surface area contributed by atoms with Gasteiger partial charge in [-0.05, 0) is 29.3 Å². The lowest BCUT2D eigenvalue weighted by atomic mass is 9.91. The van der Waals surface area contributed by atoms with Gasteiger partial charge >= 0.3 is 6.03 Å². The van der Waals surface area contributed by atoms with Crippen LogP contribution in [0, 0.1) is 0 Å². The number of carbonyl (C=O) groups is 1. The molecule has 0 aliphatic carbocycles. The van der Waals surface area contributed by atoms with E-state index in [-0.39, 0.29) is 11.9 Å². The van der Waals surface area contributed by atoms with Crippen LogP contribution in [0.5, 0.6) is 0 Å². The molecule has 0 aliphatic heterocycles. The molecule has 31 heavy (non-hydrogen) atoms. The third-order valence-corrected chi connectivity index (χ3v) is 5.88. The van der Waals surface area contributed by atoms with E-state index >= 15 is 0 Å². The summed E-state index contributed by atoms with van der Waals surface area (Å²) in [6.07, 6.45) is 5.63. The molecular weight excluding hydrogens is 433 g/mol. The Morgan fingerprint density at radius 1 is 1.23 bits per heavy atom. The molecule has 0 bridgehead atoms. The molecule has 2 aromatic carbocycles. The van der Waals surface area contributed by atoms with Gasteiger partial charge in [-0.3, -0.25) is 4.68 Å². The van der Waals surface area contributed by atoms with Crippen LogP contribution in [-0.2, 0) is 13.6 Å². The topological polar surface area (TPSA) is 66.0 Å². The maximum absolute atomic E-state index is 12.8. The second kappa shape index (κ2) is 9.04. The van der Waals surface area contributed by atoms with Gasteiger partial charge < -0.3 is 15.2 Å². The van der Waals surface area contributed by atoms with Crippen LogP contribution < -0.4 is 5.32 Å². The third kappa shape index (κ3) is 4.70. The second-order valence-electron chi connectivity index (χ2n) is 7.57. The van der Waals surface area contributed by atoms with Crippen LogP contribution in [-0.4, -0.2) is 39.3 Å². The summed E-state index contributed by atoms with van der Waals surface area (Å²) in [5.74, 6) is -0.142. The van der Waals surface area contributed by atoms with Crippen LogP contribution in [0.4, 0.5) is 4.79 Å². The van der Waals surface area contributed by atoms with Crippen molar-refractivity contribution in [2.45, 2.75) is 12.5 Å². The first kappa shape index (κ1) is 21.3. The van der Waals surface area contributed by atoms with Gasteiger partial charge in [0, 0.05) is 65.5 Å². The molecule has 0 saturated carbocycles. The predicted molar refractivity (Wildman–Crippen MR) is 125 cm³/mol. The van der Waals surface area contributed by atoms with E-state index in [0.29, 0.717) is 23.1 Å². The van der Waals surface area contributed by atoms with E-state index in [0.717, 1.165) is 27.6 Å². The molecule has 0 radical (unpaired) electrons. The molecule has 2 N–H and O–H groups in total. The fraction of sp³-hybridized carbons (Fsp3) is 0.217. The highest BCUT2D eigenvalue weighted by molar-refractivity contribution is 6.35. The zero-order chi connectivity index (χ0) is 22.0. The smallest absolute Gasteiger partial charge is 0.317 e. The van der Waals surface area contributed by atoms with Crippen molar-refractivity contribution in [3.63, 3.8) is 0 Å². The summed E-state index contributed by atoms with van der Waals surface area (Å²) in [5, 5.41) is 9.45. The molecule has 2 heterocycles. The molecule has 4 rings (SSSR count). The van der Waals surface area contributed by atoms with Crippen LogP contribution in [0.25, 0.3) is 10.9 Å². The lowest BCUT2D eigenvalue weighted by Gasteiger charge is -2.22. The van der Waals surface area contributed by atoms with Crippen molar-refractivity contribution in [1.29, 1.82) is 0 Å². The number of amides is 2. The molecule has 4 aromatic rings. The first-order valence-electron chi connectivity index (χ1n) is 9.90. The Labute approximate surface area is 190 Å². The third-order valence-electron chi connectivity index (χ3n) is 5.32. The Morgan fingerprint density at radius 3 is 2.77 bits per heavy atom. The number of hydrogen-bond acceptors (Lipinski definition) is 2. The van der Waals surface area contributed by atoms with Crippen molar-refractivity contribution in [2.75, 3.05) is 13.6 Å². The molecule has 6 nitrogen and oxygen atoms in total. The van der Waals surface area contributed by atoms with Crippen LogP contribution in [0.15, 0.2) is 61.1 Å². The monoisotopic (exact) mass is 455 g/mol. The lowest BCUT2D eigenvalue weighted by molar-refractivity contribution is 0.206. The number of H-pyrrole nitrogens is 1. The van der Waals surface area contributed by atoms with Gasteiger partial charge in [0.05, 0.1) is 12.7 Å². The van der Waals surface area contributed by atoms with Gasteiger partial charge in [-0.25, -0.2) is 4.79 Å². The van der Waals surface area contributed by atoms with Crippen LogP contribution in [0.3, 0.4) is 0 Å². The summed E-state index contributed by atoms with van der Waals surface area (Å²) < 4.78 is 1.72. The van der Waals surface area contributed by atoms with Crippen LogP contribution in [0.1, 0.15) is 22.6 Å². The number of fused-ring (bicyclic) bond motifs is 1. The first-order valence-corrected chi connectivity index (χ1v) is 10.7. The van der Waals surface area contributed by atoms with Crippen molar-refractivity contribution in [3.8, 4) is 0 Å². The standard InChI is InChI=1S/C23H23Cl2N5O/c1-29(13-15-10-28-30(2)14-15)23(31)27-12-19(17-8-7-16(24)9-21(17)25)20-11-26-22-6-4-3-5-18(20)22/h3-11,14,19,26H,12-13H2,1-2H3,(H,27,31). The summed E-state index contributed by atoms with van der Waals surface area (Å²) in [7, 11) is 3.61. The van der Waals surface area contributed by atoms with Crippen LogP contribution in [0.2, 0.25) is 10.0 Å². The largest absolute Gasteiger partial charge is 0.361 e. The molecule has 160 valence electrons. The number of nitrogens with one attached hydrogen (secondary N) is 2. The highest BCUT2D eigenvalue weighted by atomic mass is 35.5. The summed E-state index contributed by atoms with van der Waals surface area (Å²) in [4.78, 5) is 17.7. The van der Waals surface area contributed by atoms with E-state index < -0.39 is 0 Å². The Hall–Kier alpha value is -2.96. The van der Waals surface area contributed by atoms with E-state index in [1.54, 1.807) is 28.9 Å². The summed E-state index contributed by atoms with van der Waals surface area (Å²) in [6.45, 7) is 0.860. The first-order chi connectivity index (χ1) is 14.9. The van der Waals surface area contributed by atoms with Gasteiger partial charge in [0.1, 0.15) is 0 Å². The highest BCUT2D eigenvalue weighted by Gasteiger charge is 2.22. The molecule has 2 aromatic heterocycles. The molecule has 8 heteroatoms. The maximum atomic E-state index is 12.8. The Morgan fingerprint density at radius 2 is 2.03 bits per heavy atom. The molecular formula is C23H23Cl2N5O. The van der Waals surface area contributed by atoms with Gasteiger partial charge in [-0.15, -0.1) is 0 Å². The zero-order valence-corrected chi connectivity index (χ0v) is 18.8. The Bertz CT molecular complexity index is 1220. The number of carbonyl (C=O) groups excluding carboxylic acids is 1. The lowest BCUT2D eigenvalue weighted by Crippen LogP contribution is -2.39. The predicted octanol–water partition coefficient (Wildman–Crippen LogP) is 5.18. The van der Waals surface area contributed by atoms with Gasteiger partial charge in [0.25, 0.3) is 0 Å². The molecule has 2 amide bonds. The number of aromatic amines is 1. The second-order valence-corrected chi connectivity index (χ2v) is 8.42. The van der Waals surface area contributed by atoms with E-state index in [2.05, 4.69) is 21.5 Å². The molecule has 0 saturated heterocycles. The van der Waals surface area contributed by atoms with E-state index in [4.69, 9.17) is 23.2 Å². The summed E-state index contributed by atoms with van der Waals surface area (Å²) in [6, 6.07) is 13.4. The number of aromatic nitrogens is 3. The summed E-state index contributed by atoms with van der Waals surface area (Å²) in [5.41, 5.74) is 3.97. The summed E-state index contributed by atoms with van der Waals surface area (Å²) >= 11 is 12.7. The SMILES string of the molecule is CN(Cc1cnn(C)c1)C(=O)NCC(c1ccc(Cl)cc1Cl)c1c[nH]c2ccccc12. The molecule has 0 spiro atoms. The number of aryl methyl sites for hydroxylation is 1. The number of benzene rings is 2. The fourth-order valence-electron chi connectivity index (χ4n) is 3.78. The van der Waals surface area contributed by atoms with Crippen molar-refractivity contribution in [1.82, 2.24) is 25.0 Å². The molecule has 0 fully saturated rings. The average molecular weight is 456 g/mol. The quantitative estimate of drug-likeness (QED) is 0.420. The molecule has 0 aliphatic rings. The number of nitrogens with zero attached hydrogens (tertiary/aromatic N) is 3.